The van der Waals surface area contributed by atoms with Crippen LogP contribution in [0.2, 0.25) is 0 Å². The number of benzene rings is 2. The van der Waals surface area contributed by atoms with Crippen LogP contribution in [-0.4, -0.2) is 48.7 Å². The molecule has 0 bridgehead atoms. The standard InChI is InChI=1S/C26H23N3O8S/c30-23(28-10-16-3-5-19-21(8-16)36-14-34-19)12-33-26(32)18-2-1-7-27-25(18)38-13-24(31)29-11-17-4-6-20-22(9-17)37-15-35-20/h1-9H,10-15H2,(H,28,30)(H,29,31). The van der Waals surface area contributed by atoms with Crippen LogP contribution >= 0.6 is 11.8 Å². The number of amides is 2. The third kappa shape index (κ3) is 6.27. The van der Waals surface area contributed by atoms with E-state index in [1.54, 1.807) is 24.3 Å². The molecular formula is C26H23N3O8S. The number of aromatic nitrogens is 1. The maximum atomic E-state index is 12.6. The minimum Gasteiger partial charge on any atom is -0.454 e. The molecule has 38 heavy (non-hydrogen) atoms. The Labute approximate surface area is 221 Å². The number of hydrogen-bond acceptors (Lipinski definition) is 10. The van der Waals surface area contributed by atoms with Crippen LogP contribution in [0, 0.1) is 0 Å². The molecule has 0 saturated carbocycles. The van der Waals surface area contributed by atoms with Crippen molar-refractivity contribution >= 4 is 29.5 Å². The van der Waals surface area contributed by atoms with Crippen molar-refractivity contribution < 1.29 is 38.1 Å². The van der Waals surface area contributed by atoms with Crippen LogP contribution in [-0.2, 0) is 27.4 Å². The van der Waals surface area contributed by atoms with E-state index in [4.69, 9.17) is 23.7 Å². The number of carbonyl (C=O) groups is 3. The molecule has 11 nitrogen and oxygen atoms in total. The average Bonchev–Trinajstić information content (AvgIpc) is 3.61. The molecule has 0 radical (unpaired) electrons. The molecule has 0 saturated heterocycles. The number of esters is 1. The van der Waals surface area contributed by atoms with Gasteiger partial charge >= 0.3 is 5.97 Å². The maximum Gasteiger partial charge on any atom is 0.341 e. The van der Waals surface area contributed by atoms with Gasteiger partial charge in [0.05, 0.1) is 11.3 Å². The molecule has 0 aliphatic carbocycles. The van der Waals surface area contributed by atoms with E-state index in [0.717, 1.165) is 22.9 Å². The third-order valence-corrected chi connectivity index (χ3v) is 6.52. The van der Waals surface area contributed by atoms with Gasteiger partial charge < -0.3 is 34.3 Å². The van der Waals surface area contributed by atoms with Crippen molar-refractivity contribution in [2.24, 2.45) is 0 Å². The summed E-state index contributed by atoms with van der Waals surface area (Å²) in [6.45, 7) is 0.444. The Morgan fingerprint density at radius 3 is 2.08 bits per heavy atom. The summed E-state index contributed by atoms with van der Waals surface area (Å²) in [7, 11) is 0. The summed E-state index contributed by atoms with van der Waals surface area (Å²) in [5.74, 6) is 1.22. The molecule has 2 N–H and O–H groups in total. The lowest BCUT2D eigenvalue weighted by Gasteiger charge is -2.10. The number of nitrogens with zero attached hydrogens (tertiary/aromatic N) is 1. The summed E-state index contributed by atoms with van der Waals surface area (Å²) in [6, 6.07) is 13.9. The Bertz CT molecular complexity index is 1370. The first kappa shape index (κ1) is 25.2. The molecule has 3 heterocycles. The summed E-state index contributed by atoms with van der Waals surface area (Å²) in [5, 5.41) is 5.84. The van der Waals surface area contributed by atoms with Crippen molar-refractivity contribution in [1.29, 1.82) is 0 Å². The number of thioether (sulfide) groups is 1. The molecule has 0 spiro atoms. The number of fused-ring (bicyclic) bond motifs is 2. The lowest BCUT2D eigenvalue weighted by molar-refractivity contribution is -0.124. The Hall–Kier alpha value is -4.45. The van der Waals surface area contributed by atoms with Gasteiger partial charge in [0, 0.05) is 19.3 Å². The molecule has 196 valence electrons. The van der Waals surface area contributed by atoms with E-state index in [1.165, 1.54) is 12.3 Å². The van der Waals surface area contributed by atoms with Crippen molar-refractivity contribution in [2.75, 3.05) is 25.9 Å². The highest BCUT2D eigenvalue weighted by atomic mass is 32.2. The van der Waals surface area contributed by atoms with Crippen molar-refractivity contribution in [3.63, 3.8) is 0 Å². The van der Waals surface area contributed by atoms with Gasteiger partial charge in [-0.25, -0.2) is 9.78 Å². The third-order valence-electron chi connectivity index (χ3n) is 5.52. The highest BCUT2D eigenvalue weighted by Crippen LogP contribution is 2.33. The molecule has 0 atom stereocenters. The molecule has 0 unspecified atom stereocenters. The molecule has 0 fully saturated rings. The number of rotatable bonds is 10. The van der Waals surface area contributed by atoms with Crippen LogP contribution < -0.4 is 29.6 Å². The summed E-state index contributed by atoms with van der Waals surface area (Å²) >= 11 is 1.10. The van der Waals surface area contributed by atoms with Gasteiger partial charge in [0.15, 0.2) is 29.6 Å². The largest absolute Gasteiger partial charge is 0.454 e. The number of ether oxygens (including phenoxy) is 5. The maximum absolute atomic E-state index is 12.6. The van der Waals surface area contributed by atoms with Gasteiger partial charge in [-0.05, 0) is 47.5 Å². The van der Waals surface area contributed by atoms with Crippen LogP contribution in [0.25, 0.3) is 0 Å². The Morgan fingerprint density at radius 1 is 0.816 bits per heavy atom. The van der Waals surface area contributed by atoms with Gasteiger partial charge in [-0.15, -0.1) is 0 Å². The monoisotopic (exact) mass is 537 g/mol. The molecule has 1 aromatic heterocycles. The minimum atomic E-state index is -0.709. The SMILES string of the molecule is O=C(COC(=O)c1cccnc1SCC(=O)NCc1ccc2c(c1)OCO2)NCc1ccc2c(c1)OCO2. The zero-order chi connectivity index (χ0) is 26.3. The molecule has 2 aliphatic heterocycles. The van der Waals surface area contributed by atoms with Crippen LogP contribution in [0.15, 0.2) is 59.8 Å². The van der Waals surface area contributed by atoms with Crippen molar-refractivity contribution in [1.82, 2.24) is 15.6 Å². The fourth-order valence-electron chi connectivity index (χ4n) is 3.61. The van der Waals surface area contributed by atoms with E-state index in [9.17, 15) is 14.4 Å². The van der Waals surface area contributed by atoms with Crippen LogP contribution in [0.5, 0.6) is 23.0 Å². The second-order valence-corrected chi connectivity index (χ2v) is 9.11. The second-order valence-electron chi connectivity index (χ2n) is 8.15. The average molecular weight is 538 g/mol. The van der Waals surface area contributed by atoms with Gasteiger partial charge in [0.2, 0.25) is 19.5 Å². The number of hydrogen-bond donors (Lipinski definition) is 2. The van der Waals surface area contributed by atoms with Gasteiger partial charge in [0.25, 0.3) is 5.91 Å². The van der Waals surface area contributed by atoms with E-state index in [-0.39, 0.29) is 37.4 Å². The molecule has 5 rings (SSSR count). The first-order valence-electron chi connectivity index (χ1n) is 11.6. The fraction of sp³-hybridized carbons (Fsp3) is 0.231. The molecule has 2 amide bonds. The molecule has 2 aliphatic rings. The molecule has 3 aromatic rings. The van der Waals surface area contributed by atoms with Crippen LogP contribution in [0.3, 0.4) is 0 Å². The molecule has 2 aromatic carbocycles. The smallest absolute Gasteiger partial charge is 0.341 e. The normalized spacial score (nSPS) is 12.6. The zero-order valence-corrected chi connectivity index (χ0v) is 20.9. The van der Waals surface area contributed by atoms with Gasteiger partial charge in [-0.3, -0.25) is 9.59 Å². The number of carbonyl (C=O) groups excluding carboxylic acids is 3. The van der Waals surface area contributed by atoms with Gasteiger partial charge in [-0.2, -0.15) is 0 Å². The number of nitrogens with one attached hydrogen (secondary N) is 2. The Balaban J connectivity index is 1.06. The summed E-state index contributed by atoms with van der Waals surface area (Å²) in [6.07, 6.45) is 1.52. The minimum absolute atomic E-state index is 0.0395. The number of pyridine rings is 1. The van der Waals surface area contributed by atoms with E-state index in [0.29, 0.717) is 34.6 Å². The van der Waals surface area contributed by atoms with Crippen molar-refractivity contribution in [3.05, 3.63) is 71.4 Å². The summed E-state index contributed by atoms with van der Waals surface area (Å²) in [5.41, 5.74) is 1.85. The Kier molecular flexibility index (Phi) is 7.78. The van der Waals surface area contributed by atoms with Crippen molar-refractivity contribution in [2.45, 2.75) is 18.1 Å². The van der Waals surface area contributed by atoms with E-state index >= 15 is 0 Å². The zero-order valence-electron chi connectivity index (χ0n) is 20.1. The van der Waals surface area contributed by atoms with E-state index < -0.39 is 18.5 Å². The van der Waals surface area contributed by atoms with Gasteiger partial charge in [-0.1, -0.05) is 23.9 Å². The lowest BCUT2D eigenvalue weighted by atomic mass is 10.2. The topological polar surface area (TPSA) is 134 Å². The van der Waals surface area contributed by atoms with E-state index in [2.05, 4.69) is 15.6 Å². The second kappa shape index (κ2) is 11.7. The summed E-state index contributed by atoms with van der Waals surface area (Å²) < 4.78 is 26.4. The lowest BCUT2D eigenvalue weighted by Crippen LogP contribution is -2.28. The summed E-state index contributed by atoms with van der Waals surface area (Å²) in [4.78, 5) is 41.4. The fourth-order valence-corrected chi connectivity index (χ4v) is 4.42. The predicted octanol–water partition coefficient (Wildman–Crippen LogP) is 2.42. The molecular weight excluding hydrogens is 514 g/mol. The van der Waals surface area contributed by atoms with Crippen molar-refractivity contribution in [3.8, 4) is 23.0 Å². The van der Waals surface area contributed by atoms with Crippen LogP contribution in [0.4, 0.5) is 0 Å². The molecule has 12 heteroatoms. The predicted molar refractivity (Wildman–Crippen MR) is 134 cm³/mol. The quantitative estimate of drug-likeness (QED) is 0.293. The van der Waals surface area contributed by atoms with E-state index in [1.807, 2.05) is 18.2 Å². The highest BCUT2D eigenvalue weighted by molar-refractivity contribution is 8.00. The Morgan fingerprint density at radius 2 is 1.42 bits per heavy atom. The highest BCUT2D eigenvalue weighted by Gasteiger charge is 2.18. The first-order valence-corrected chi connectivity index (χ1v) is 12.6. The van der Waals surface area contributed by atoms with Crippen LogP contribution in [0.1, 0.15) is 21.5 Å². The van der Waals surface area contributed by atoms with Gasteiger partial charge in [0.1, 0.15) is 5.03 Å². The first-order chi connectivity index (χ1) is 18.5.